The maximum Gasteiger partial charge on any atom is 0.253 e. The molecule has 0 aliphatic heterocycles. The highest BCUT2D eigenvalue weighted by Gasteiger charge is 2.27. The van der Waals surface area contributed by atoms with E-state index in [-0.39, 0.29) is 11.9 Å². The molecule has 2 fully saturated rings. The van der Waals surface area contributed by atoms with Crippen molar-refractivity contribution in [1.82, 2.24) is 4.90 Å². The lowest BCUT2D eigenvalue weighted by atomic mass is 9.81. The van der Waals surface area contributed by atoms with Crippen molar-refractivity contribution in [2.75, 3.05) is 19.6 Å². The van der Waals surface area contributed by atoms with Crippen LogP contribution >= 0.6 is 0 Å². The Morgan fingerprint density at radius 3 is 2.04 bits per heavy atom. The zero-order valence-corrected chi connectivity index (χ0v) is 17.1. The first-order chi connectivity index (χ1) is 13.6. The van der Waals surface area contributed by atoms with E-state index in [2.05, 4.69) is 9.89 Å². The quantitative estimate of drug-likeness (QED) is 0.554. The summed E-state index contributed by atoms with van der Waals surface area (Å²) in [7, 11) is 0. The van der Waals surface area contributed by atoms with Crippen LogP contribution in [-0.2, 0) is 0 Å². The molecule has 28 heavy (non-hydrogen) atoms. The molecule has 1 aromatic carbocycles. The van der Waals surface area contributed by atoms with Crippen molar-refractivity contribution in [3.05, 3.63) is 35.9 Å². The Balaban J connectivity index is 1.59. The maximum absolute atomic E-state index is 13.2. The lowest BCUT2D eigenvalue weighted by molar-refractivity contribution is 0.0657. The molecule has 0 aromatic heterocycles. The third-order valence-electron chi connectivity index (χ3n) is 6.49. The van der Waals surface area contributed by atoms with Crippen LogP contribution in [-0.4, -0.2) is 36.4 Å². The van der Waals surface area contributed by atoms with Gasteiger partial charge in [-0.1, -0.05) is 37.5 Å². The Labute approximate surface area is 169 Å². The van der Waals surface area contributed by atoms with Crippen molar-refractivity contribution in [2.45, 2.75) is 57.8 Å². The fourth-order valence-electron chi connectivity index (χ4n) is 4.83. The van der Waals surface area contributed by atoms with E-state index >= 15 is 0 Å². The van der Waals surface area contributed by atoms with Crippen LogP contribution in [0.4, 0.5) is 0 Å². The number of aliphatic imine (C=N–C) groups is 1. The Bertz CT molecular complexity index is 627. The number of hydrogen-bond donors (Lipinski definition) is 2. The summed E-state index contributed by atoms with van der Waals surface area (Å²) in [5, 5.41) is 0. The van der Waals surface area contributed by atoms with Gasteiger partial charge >= 0.3 is 0 Å². The van der Waals surface area contributed by atoms with Gasteiger partial charge in [0.25, 0.3) is 5.91 Å². The molecular formula is C23H36N4O. The highest BCUT2D eigenvalue weighted by Crippen LogP contribution is 2.31. The Hall–Kier alpha value is -2.04. The van der Waals surface area contributed by atoms with Crippen molar-refractivity contribution >= 4 is 11.9 Å². The summed E-state index contributed by atoms with van der Waals surface area (Å²) in [6.45, 7) is 2.55. The van der Waals surface area contributed by atoms with Crippen LogP contribution in [0.2, 0.25) is 0 Å². The number of nitrogens with two attached hydrogens (primary N) is 2. The van der Waals surface area contributed by atoms with Crippen molar-refractivity contribution in [3.8, 4) is 0 Å². The molecule has 0 heterocycles. The second-order valence-electron chi connectivity index (χ2n) is 8.73. The van der Waals surface area contributed by atoms with E-state index in [9.17, 15) is 4.79 Å². The van der Waals surface area contributed by atoms with Gasteiger partial charge in [-0.3, -0.25) is 9.79 Å². The molecule has 2 aliphatic carbocycles. The molecule has 1 amide bonds. The van der Waals surface area contributed by atoms with E-state index in [0.717, 1.165) is 50.9 Å². The first-order valence-corrected chi connectivity index (χ1v) is 11.0. The fourth-order valence-corrected chi connectivity index (χ4v) is 4.83. The van der Waals surface area contributed by atoms with E-state index in [4.69, 9.17) is 11.5 Å². The Morgan fingerprint density at radius 1 is 0.857 bits per heavy atom. The van der Waals surface area contributed by atoms with Gasteiger partial charge in [0, 0.05) is 25.2 Å². The summed E-state index contributed by atoms with van der Waals surface area (Å²) >= 11 is 0. The number of amides is 1. The van der Waals surface area contributed by atoms with Gasteiger partial charge in [0.15, 0.2) is 5.96 Å². The van der Waals surface area contributed by atoms with Gasteiger partial charge in [0.1, 0.15) is 0 Å². The minimum absolute atomic E-state index is 0.189. The summed E-state index contributed by atoms with van der Waals surface area (Å²) in [5.41, 5.74) is 11.7. The van der Waals surface area contributed by atoms with Crippen molar-refractivity contribution < 1.29 is 4.79 Å². The van der Waals surface area contributed by atoms with Crippen LogP contribution in [0.3, 0.4) is 0 Å². The van der Waals surface area contributed by atoms with Gasteiger partial charge in [-0.25, -0.2) is 0 Å². The first kappa shape index (κ1) is 20.7. The molecule has 5 nitrogen and oxygen atoms in total. The molecule has 5 heteroatoms. The minimum atomic E-state index is 0.189. The average molecular weight is 385 g/mol. The molecular weight excluding hydrogens is 348 g/mol. The van der Waals surface area contributed by atoms with E-state index in [1.54, 1.807) is 0 Å². The maximum atomic E-state index is 13.2. The predicted molar refractivity (Wildman–Crippen MR) is 115 cm³/mol. The van der Waals surface area contributed by atoms with E-state index in [1.165, 1.54) is 32.1 Å². The number of benzene rings is 1. The standard InChI is InChI=1S/C23H36N4O/c24-23(25)26-15-18-11-13-20(14-12-18)17-27(16-19-7-3-1-4-8-19)22(28)21-9-5-2-6-10-21/h2,5-6,9-10,18-20H,1,3-4,7-8,11-17H2,(H4,24,25,26). The monoisotopic (exact) mass is 384 g/mol. The summed E-state index contributed by atoms with van der Waals surface area (Å²) in [6, 6.07) is 9.78. The van der Waals surface area contributed by atoms with Crippen molar-refractivity contribution in [2.24, 2.45) is 34.2 Å². The Morgan fingerprint density at radius 2 is 1.43 bits per heavy atom. The van der Waals surface area contributed by atoms with E-state index in [0.29, 0.717) is 17.8 Å². The van der Waals surface area contributed by atoms with E-state index < -0.39 is 0 Å². The second-order valence-corrected chi connectivity index (χ2v) is 8.73. The van der Waals surface area contributed by atoms with Gasteiger partial charge in [-0.15, -0.1) is 0 Å². The van der Waals surface area contributed by atoms with Gasteiger partial charge in [0.2, 0.25) is 0 Å². The molecule has 0 saturated heterocycles. The molecule has 1 aromatic rings. The number of carbonyl (C=O) groups excluding carboxylic acids is 1. The number of rotatable bonds is 7. The predicted octanol–water partition coefficient (Wildman–Crippen LogP) is 3.79. The van der Waals surface area contributed by atoms with Crippen LogP contribution in [0.15, 0.2) is 35.3 Å². The van der Waals surface area contributed by atoms with Crippen molar-refractivity contribution in [1.29, 1.82) is 0 Å². The highest BCUT2D eigenvalue weighted by molar-refractivity contribution is 5.94. The molecule has 2 aliphatic rings. The smallest absolute Gasteiger partial charge is 0.253 e. The normalized spacial score (nSPS) is 23.1. The van der Waals surface area contributed by atoms with Crippen LogP contribution in [0.25, 0.3) is 0 Å². The van der Waals surface area contributed by atoms with Crippen LogP contribution in [0, 0.1) is 17.8 Å². The summed E-state index contributed by atoms with van der Waals surface area (Å²) in [4.78, 5) is 19.6. The number of hydrogen-bond acceptors (Lipinski definition) is 2. The molecule has 2 saturated carbocycles. The van der Waals surface area contributed by atoms with Crippen LogP contribution in [0.1, 0.15) is 68.1 Å². The molecule has 0 spiro atoms. The zero-order chi connectivity index (χ0) is 19.8. The number of carbonyl (C=O) groups is 1. The molecule has 0 unspecified atom stereocenters. The zero-order valence-electron chi connectivity index (χ0n) is 17.1. The number of guanidine groups is 1. The Kier molecular flexibility index (Phi) is 7.75. The lowest BCUT2D eigenvalue weighted by Crippen LogP contribution is -2.40. The SMILES string of the molecule is NC(N)=NCC1CCC(CN(CC2CCCCC2)C(=O)c2ccccc2)CC1. The summed E-state index contributed by atoms with van der Waals surface area (Å²) in [5.74, 6) is 2.23. The van der Waals surface area contributed by atoms with Crippen LogP contribution in [0.5, 0.6) is 0 Å². The molecule has 3 rings (SSSR count). The third-order valence-corrected chi connectivity index (χ3v) is 6.49. The summed E-state index contributed by atoms with van der Waals surface area (Å²) < 4.78 is 0. The largest absolute Gasteiger partial charge is 0.370 e. The topological polar surface area (TPSA) is 84.7 Å². The minimum Gasteiger partial charge on any atom is -0.370 e. The molecule has 0 bridgehead atoms. The lowest BCUT2D eigenvalue weighted by Gasteiger charge is -2.35. The first-order valence-electron chi connectivity index (χ1n) is 11.0. The third kappa shape index (κ3) is 6.25. The molecule has 0 radical (unpaired) electrons. The molecule has 0 atom stereocenters. The molecule has 4 N–H and O–H groups in total. The van der Waals surface area contributed by atoms with Gasteiger partial charge in [0.05, 0.1) is 0 Å². The second kappa shape index (κ2) is 10.5. The van der Waals surface area contributed by atoms with Gasteiger partial charge < -0.3 is 16.4 Å². The van der Waals surface area contributed by atoms with Crippen LogP contribution < -0.4 is 11.5 Å². The molecule has 154 valence electrons. The summed E-state index contributed by atoms with van der Waals surface area (Å²) in [6.07, 6.45) is 11.1. The van der Waals surface area contributed by atoms with E-state index in [1.807, 2.05) is 30.3 Å². The van der Waals surface area contributed by atoms with Gasteiger partial charge in [-0.05, 0) is 68.4 Å². The highest BCUT2D eigenvalue weighted by atomic mass is 16.2. The van der Waals surface area contributed by atoms with Crippen molar-refractivity contribution in [3.63, 3.8) is 0 Å². The average Bonchev–Trinajstić information content (AvgIpc) is 2.73. The van der Waals surface area contributed by atoms with Gasteiger partial charge in [-0.2, -0.15) is 0 Å². The fraction of sp³-hybridized carbons (Fsp3) is 0.652. The number of nitrogens with zero attached hydrogens (tertiary/aromatic N) is 2.